The molecule has 24 heavy (non-hydrogen) atoms. The third-order valence-electron chi connectivity index (χ3n) is 3.31. The van der Waals surface area contributed by atoms with E-state index in [4.69, 9.17) is 27.9 Å². The Kier molecular flexibility index (Phi) is 4.94. The van der Waals surface area contributed by atoms with Gasteiger partial charge in [-0.15, -0.1) is 0 Å². The SMILES string of the molecule is CCOc1c(Cl)cc(C(=O)Nc2nc3ccc(C)cc3s2)cc1Cl. The molecule has 0 aliphatic heterocycles. The van der Waals surface area contributed by atoms with Crippen LogP contribution in [0.15, 0.2) is 30.3 Å². The molecular formula is C17H14Cl2N2O2S. The van der Waals surface area contributed by atoms with E-state index in [0.717, 1.165) is 15.8 Å². The molecule has 1 amide bonds. The summed E-state index contributed by atoms with van der Waals surface area (Å²) in [6.45, 7) is 4.29. The molecule has 0 saturated carbocycles. The van der Waals surface area contributed by atoms with E-state index < -0.39 is 0 Å². The van der Waals surface area contributed by atoms with E-state index in [1.807, 2.05) is 32.0 Å². The molecule has 2 aromatic carbocycles. The van der Waals surface area contributed by atoms with Crippen molar-refractivity contribution in [2.24, 2.45) is 0 Å². The van der Waals surface area contributed by atoms with Crippen LogP contribution in [-0.2, 0) is 0 Å². The van der Waals surface area contributed by atoms with Gasteiger partial charge in [0, 0.05) is 5.56 Å². The van der Waals surface area contributed by atoms with Crippen LogP contribution in [0.2, 0.25) is 10.0 Å². The van der Waals surface area contributed by atoms with Crippen LogP contribution in [0.25, 0.3) is 10.2 Å². The summed E-state index contributed by atoms with van der Waals surface area (Å²) in [5.74, 6) is 0.0606. The Morgan fingerprint density at radius 3 is 2.62 bits per heavy atom. The number of hydrogen-bond acceptors (Lipinski definition) is 4. The van der Waals surface area contributed by atoms with Crippen molar-refractivity contribution in [1.29, 1.82) is 0 Å². The van der Waals surface area contributed by atoms with Crippen LogP contribution in [-0.4, -0.2) is 17.5 Å². The van der Waals surface area contributed by atoms with E-state index in [0.29, 0.717) is 33.1 Å². The van der Waals surface area contributed by atoms with E-state index in [9.17, 15) is 4.79 Å². The standard InChI is InChI=1S/C17H14Cl2N2O2S/c1-3-23-15-11(18)7-10(8-12(15)19)16(22)21-17-20-13-5-4-9(2)6-14(13)24-17/h4-8H,3H2,1-2H3,(H,20,21,22). The first-order chi connectivity index (χ1) is 11.5. The van der Waals surface area contributed by atoms with Crippen LogP contribution in [0.3, 0.4) is 0 Å². The maximum Gasteiger partial charge on any atom is 0.257 e. The average molecular weight is 381 g/mol. The zero-order valence-electron chi connectivity index (χ0n) is 13.0. The minimum atomic E-state index is -0.322. The van der Waals surface area contributed by atoms with E-state index in [1.165, 1.54) is 23.5 Å². The molecule has 0 saturated heterocycles. The first kappa shape index (κ1) is 17.0. The Labute approximate surface area is 153 Å². The number of benzene rings is 2. The minimum absolute atomic E-state index is 0.300. The molecule has 7 heteroatoms. The number of nitrogens with one attached hydrogen (secondary N) is 1. The van der Waals surface area contributed by atoms with Gasteiger partial charge in [0.25, 0.3) is 5.91 Å². The number of aromatic nitrogens is 1. The summed E-state index contributed by atoms with van der Waals surface area (Å²) < 4.78 is 6.39. The van der Waals surface area contributed by atoms with Gasteiger partial charge in [-0.05, 0) is 43.7 Å². The van der Waals surface area contributed by atoms with Gasteiger partial charge in [-0.2, -0.15) is 0 Å². The van der Waals surface area contributed by atoms with Crippen LogP contribution >= 0.6 is 34.5 Å². The summed E-state index contributed by atoms with van der Waals surface area (Å²) in [7, 11) is 0. The van der Waals surface area contributed by atoms with Gasteiger partial charge in [0.2, 0.25) is 0 Å². The molecule has 0 fully saturated rings. The highest BCUT2D eigenvalue weighted by Crippen LogP contribution is 2.34. The van der Waals surface area contributed by atoms with Crippen molar-refractivity contribution in [3.05, 3.63) is 51.5 Å². The summed E-state index contributed by atoms with van der Waals surface area (Å²) >= 11 is 13.7. The second kappa shape index (κ2) is 6.97. The number of halogens is 2. The average Bonchev–Trinajstić information content (AvgIpc) is 2.91. The molecule has 0 bridgehead atoms. The summed E-state index contributed by atoms with van der Waals surface area (Å²) in [5.41, 5.74) is 2.35. The van der Waals surface area contributed by atoms with Crippen molar-refractivity contribution in [3.8, 4) is 5.75 Å². The topological polar surface area (TPSA) is 51.2 Å². The maximum absolute atomic E-state index is 12.4. The number of amides is 1. The quantitative estimate of drug-likeness (QED) is 0.644. The predicted molar refractivity (Wildman–Crippen MR) is 99.9 cm³/mol. The number of thiazole rings is 1. The summed E-state index contributed by atoms with van der Waals surface area (Å²) in [5, 5.41) is 3.91. The molecular weight excluding hydrogens is 367 g/mol. The zero-order chi connectivity index (χ0) is 17.3. The largest absolute Gasteiger partial charge is 0.491 e. The van der Waals surface area contributed by atoms with Gasteiger partial charge in [-0.1, -0.05) is 40.6 Å². The zero-order valence-corrected chi connectivity index (χ0v) is 15.4. The second-order valence-corrected chi connectivity index (χ2v) is 6.99. The molecule has 0 unspecified atom stereocenters. The Morgan fingerprint density at radius 1 is 1.25 bits per heavy atom. The Balaban J connectivity index is 1.86. The number of anilines is 1. The Bertz CT molecular complexity index is 901. The Morgan fingerprint density at radius 2 is 1.96 bits per heavy atom. The third-order valence-corrected chi connectivity index (χ3v) is 4.81. The number of hydrogen-bond donors (Lipinski definition) is 1. The van der Waals surface area contributed by atoms with Crippen molar-refractivity contribution in [1.82, 2.24) is 4.98 Å². The highest BCUT2D eigenvalue weighted by molar-refractivity contribution is 7.22. The highest BCUT2D eigenvalue weighted by Gasteiger charge is 2.15. The van der Waals surface area contributed by atoms with Crippen molar-refractivity contribution in [2.75, 3.05) is 11.9 Å². The third kappa shape index (κ3) is 3.48. The number of carbonyl (C=O) groups is 1. The molecule has 1 aromatic heterocycles. The fourth-order valence-corrected chi connectivity index (χ4v) is 3.78. The molecule has 0 radical (unpaired) electrons. The summed E-state index contributed by atoms with van der Waals surface area (Å²) in [6, 6.07) is 9.02. The molecule has 4 nitrogen and oxygen atoms in total. The lowest BCUT2D eigenvalue weighted by Crippen LogP contribution is -2.12. The van der Waals surface area contributed by atoms with Gasteiger partial charge in [0.15, 0.2) is 10.9 Å². The number of nitrogens with zero attached hydrogens (tertiary/aromatic N) is 1. The predicted octanol–water partition coefficient (Wildman–Crippen LogP) is 5.56. The van der Waals surface area contributed by atoms with Gasteiger partial charge >= 0.3 is 0 Å². The molecule has 124 valence electrons. The maximum atomic E-state index is 12.4. The second-order valence-electron chi connectivity index (χ2n) is 5.15. The van der Waals surface area contributed by atoms with Gasteiger partial charge < -0.3 is 4.74 Å². The number of carbonyl (C=O) groups excluding carboxylic acids is 1. The van der Waals surface area contributed by atoms with Gasteiger partial charge in [-0.3, -0.25) is 10.1 Å². The van der Waals surface area contributed by atoms with Crippen LogP contribution in [0.1, 0.15) is 22.8 Å². The van der Waals surface area contributed by atoms with Crippen molar-refractivity contribution < 1.29 is 9.53 Å². The van der Waals surface area contributed by atoms with Gasteiger partial charge in [0.1, 0.15) is 0 Å². The number of aryl methyl sites for hydroxylation is 1. The van der Waals surface area contributed by atoms with Crippen LogP contribution in [0.4, 0.5) is 5.13 Å². The van der Waals surface area contributed by atoms with Gasteiger partial charge in [0.05, 0.1) is 26.9 Å². The number of ether oxygens (including phenoxy) is 1. The van der Waals surface area contributed by atoms with Crippen molar-refractivity contribution in [3.63, 3.8) is 0 Å². The molecule has 0 spiro atoms. The van der Waals surface area contributed by atoms with E-state index >= 15 is 0 Å². The lowest BCUT2D eigenvalue weighted by atomic mass is 10.2. The van der Waals surface area contributed by atoms with E-state index in [1.54, 1.807) is 0 Å². The van der Waals surface area contributed by atoms with E-state index in [2.05, 4.69) is 10.3 Å². The fourth-order valence-electron chi connectivity index (χ4n) is 2.23. The molecule has 0 aliphatic rings. The fraction of sp³-hybridized carbons (Fsp3) is 0.176. The minimum Gasteiger partial charge on any atom is -0.491 e. The molecule has 1 heterocycles. The van der Waals surface area contributed by atoms with Gasteiger partial charge in [-0.25, -0.2) is 4.98 Å². The smallest absolute Gasteiger partial charge is 0.257 e. The van der Waals surface area contributed by atoms with Crippen molar-refractivity contribution >= 4 is 55.8 Å². The summed E-state index contributed by atoms with van der Waals surface area (Å²) in [4.78, 5) is 16.8. The van der Waals surface area contributed by atoms with E-state index in [-0.39, 0.29) is 5.91 Å². The van der Waals surface area contributed by atoms with Crippen LogP contribution < -0.4 is 10.1 Å². The van der Waals surface area contributed by atoms with Crippen LogP contribution in [0, 0.1) is 6.92 Å². The first-order valence-electron chi connectivity index (χ1n) is 7.28. The number of fused-ring (bicyclic) bond motifs is 1. The molecule has 3 rings (SSSR count). The van der Waals surface area contributed by atoms with Crippen molar-refractivity contribution in [2.45, 2.75) is 13.8 Å². The monoisotopic (exact) mass is 380 g/mol. The normalized spacial score (nSPS) is 10.8. The Hall–Kier alpha value is -1.82. The summed E-state index contributed by atoms with van der Waals surface area (Å²) in [6.07, 6.45) is 0. The molecule has 0 aliphatic carbocycles. The number of rotatable bonds is 4. The lowest BCUT2D eigenvalue weighted by molar-refractivity contribution is 0.102. The van der Waals surface area contributed by atoms with Crippen LogP contribution in [0.5, 0.6) is 5.75 Å². The lowest BCUT2D eigenvalue weighted by Gasteiger charge is -2.10. The molecule has 3 aromatic rings. The molecule has 0 atom stereocenters. The first-order valence-corrected chi connectivity index (χ1v) is 8.85. The molecule has 1 N–H and O–H groups in total. The highest BCUT2D eigenvalue weighted by atomic mass is 35.5.